The summed E-state index contributed by atoms with van der Waals surface area (Å²) in [6.45, 7) is 1.35. The normalized spacial score (nSPS) is 10.8. The number of hydrogen-bond acceptors (Lipinski definition) is 2. The maximum atomic E-state index is 6.29. The van der Waals surface area contributed by atoms with Gasteiger partial charge in [-0.15, -0.1) is 0 Å². The van der Waals surface area contributed by atoms with Crippen LogP contribution in [0, 0.1) is 0 Å². The van der Waals surface area contributed by atoms with Gasteiger partial charge in [-0.25, -0.2) is 0 Å². The molecule has 0 aliphatic heterocycles. The Hall–Kier alpha value is -2.68. The Morgan fingerprint density at radius 3 is 1.32 bits per heavy atom. The molecule has 0 saturated carbocycles. The number of hydrogen-bond donors (Lipinski definition) is 2. The maximum absolute atomic E-state index is 6.29. The Morgan fingerprint density at radius 1 is 0.500 bits per heavy atom. The quantitative estimate of drug-likeness (QED) is 0.349. The summed E-state index contributed by atoms with van der Waals surface area (Å²) in [6, 6.07) is 28.4. The number of halogens is 2. The van der Waals surface area contributed by atoms with Crippen LogP contribution in [0.2, 0.25) is 10.0 Å². The van der Waals surface area contributed by atoms with Gasteiger partial charge in [-0.05, 0) is 35.4 Å². The second-order valence-electron chi connectivity index (χ2n) is 6.60. The summed E-state index contributed by atoms with van der Waals surface area (Å²) >= 11 is 12.6. The standard InChI is InChI=1S/C24H20Cl2N2/c25-21-11-5-1-7-17(21)15-27-23-13-14-24(20-10-4-3-9-19(20)23)28-16-18-8-2-6-12-22(18)26/h1-14,27-28H,15-16H2. The molecule has 0 fully saturated rings. The first-order valence-corrected chi connectivity index (χ1v) is 9.94. The van der Waals surface area contributed by atoms with Gasteiger partial charge in [0.05, 0.1) is 0 Å². The first kappa shape index (κ1) is 18.7. The van der Waals surface area contributed by atoms with E-state index in [0.717, 1.165) is 32.5 Å². The van der Waals surface area contributed by atoms with Gasteiger partial charge < -0.3 is 10.6 Å². The third-order valence-electron chi connectivity index (χ3n) is 4.78. The summed E-state index contributed by atoms with van der Waals surface area (Å²) in [5, 5.41) is 10.9. The fraction of sp³-hybridized carbons (Fsp3) is 0.0833. The van der Waals surface area contributed by atoms with Crippen molar-refractivity contribution >= 4 is 45.3 Å². The number of nitrogens with one attached hydrogen (secondary N) is 2. The molecule has 0 aromatic heterocycles. The van der Waals surface area contributed by atoms with Gasteiger partial charge in [0.2, 0.25) is 0 Å². The van der Waals surface area contributed by atoms with Crippen molar-refractivity contribution in [3.05, 3.63) is 106 Å². The zero-order valence-corrected chi connectivity index (χ0v) is 16.8. The zero-order valence-electron chi connectivity index (χ0n) is 15.3. The Kier molecular flexibility index (Phi) is 5.70. The average Bonchev–Trinajstić information content (AvgIpc) is 2.73. The smallest absolute Gasteiger partial charge is 0.0455 e. The van der Waals surface area contributed by atoms with Gasteiger partial charge in [0.25, 0.3) is 0 Å². The fourth-order valence-electron chi connectivity index (χ4n) is 3.27. The van der Waals surface area contributed by atoms with Crippen LogP contribution in [0.5, 0.6) is 0 Å². The van der Waals surface area contributed by atoms with E-state index in [2.05, 4.69) is 47.0 Å². The van der Waals surface area contributed by atoms with Gasteiger partial charge in [-0.2, -0.15) is 0 Å². The molecule has 4 aromatic carbocycles. The minimum Gasteiger partial charge on any atom is -0.380 e. The molecule has 0 amide bonds. The van der Waals surface area contributed by atoms with Crippen molar-refractivity contribution in [2.24, 2.45) is 0 Å². The van der Waals surface area contributed by atoms with Crippen molar-refractivity contribution in [3.63, 3.8) is 0 Å². The van der Waals surface area contributed by atoms with E-state index in [1.165, 1.54) is 10.8 Å². The highest BCUT2D eigenvalue weighted by Gasteiger charge is 2.07. The van der Waals surface area contributed by atoms with E-state index >= 15 is 0 Å². The topological polar surface area (TPSA) is 24.1 Å². The minimum atomic E-state index is 0.677. The lowest BCUT2D eigenvalue weighted by molar-refractivity contribution is 1.15. The van der Waals surface area contributed by atoms with Gasteiger partial charge in [0.1, 0.15) is 0 Å². The van der Waals surface area contributed by atoms with Crippen LogP contribution in [0.1, 0.15) is 11.1 Å². The summed E-state index contributed by atoms with van der Waals surface area (Å²) in [5.41, 5.74) is 4.32. The van der Waals surface area contributed by atoms with Gasteiger partial charge in [-0.1, -0.05) is 83.9 Å². The van der Waals surface area contributed by atoms with Crippen molar-refractivity contribution in [3.8, 4) is 0 Å². The van der Waals surface area contributed by atoms with Crippen LogP contribution in [-0.2, 0) is 13.1 Å². The Balaban J connectivity index is 1.58. The molecule has 28 heavy (non-hydrogen) atoms. The molecule has 4 aromatic rings. The first-order chi connectivity index (χ1) is 13.7. The lowest BCUT2D eigenvalue weighted by Crippen LogP contribution is -2.03. The van der Waals surface area contributed by atoms with Crippen LogP contribution in [-0.4, -0.2) is 0 Å². The molecule has 140 valence electrons. The molecule has 0 radical (unpaired) electrons. The molecule has 4 heteroatoms. The summed E-state index contributed by atoms with van der Waals surface area (Å²) in [4.78, 5) is 0. The summed E-state index contributed by atoms with van der Waals surface area (Å²) in [5.74, 6) is 0. The number of anilines is 2. The molecule has 0 aliphatic rings. The van der Waals surface area contributed by atoms with Crippen LogP contribution in [0.15, 0.2) is 84.9 Å². The second-order valence-corrected chi connectivity index (χ2v) is 7.41. The average molecular weight is 407 g/mol. The molecule has 4 rings (SSSR count). The zero-order chi connectivity index (χ0) is 19.3. The van der Waals surface area contributed by atoms with Crippen molar-refractivity contribution in [1.82, 2.24) is 0 Å². The molecular formula is C24H20Cl2N2. The molecule has 2 N–H and O–H groups in total. The predicted molar refractivity (Wildman–Crippen MR) is 122 cm³/mol. The molecule has 0 bridgehead atoms. The summed E-state index contributed by atoms with van der Waals surface area (Å²) in [7, 11) is 0. The van der Waals surface area contributed by atoms with E-state index in [9.17, 15) is 0 Å². The Morgan fingerprint density at radius 2 is 0.893 bits per heavy atom. The second kappa shape index (κ2) is 8.55. The molecule has 0 unspecified atom stereocenters. The van der Waals surface area contributed by atoms with Crippen LogP contribution < -0.4 is 10.6 Å². The van der Waals surface area contributed by atoms with E-state index in [-0.39, 0.29) is 0 Å². The molecule has 0 saturated heterocycles. The third-order valence-corrected chi connectivity index (χ3v) is 5.52. The van der Waals surface area contributed by atoms with Crippen molar-refractivity contribution in [2.45, 2.75) is 13.1 Å². The van der Waals surface area contributed by atoms with Gasteiger partial charge in [0.15, 0.2) is 0 Å². The van der Waals surface area contributed by atoms with E-state index in [1.807, 2.05) is 48.5 Å². The lowest BCUT2D eigenvalue weighted by Gasteiger charge is -2.15. The lowest BCUT2D eigenvalue weighted by atomic mass is 10.1. The van der Waals surface area contributed by atoms with Crippen molar-refractivity contribution < 1.29 is 0 Å². The van der Waals surface area contributed by atoms with Gasteiger partial charge in [-0.3, -0.25) is 0 Å². The Bertz CT molecular complexity index is 1020. The molecule has 0 spiro atoms. The van der Waals surface area contributed by atoms with Crippen LogP contribution >= 0.6 is 23.2 Å². The highest BCUT2D eigenvalue weighted by molar-refractivity contribution is 6.31. The van der Waals surface area contributed by atoms with E-state index < -0.39 is 0 Å². The summed E-state index contributed by atoms with van der Waals surface area (Å²) in [6.07, 6.45) is 0. The highest BCUT2D eigenvalue weighted by Crippen LogP contribution is 2.31. The fourth-order valence-corrected chi connectivity index (χ4v) is 3.68. The summed E-state index contributed by atoms with van der Waals surface area (Å²) < 4.78 is 0. The van der Waals surface area contributed by atoms with E-state index in [0.29, 0.717) is 13.1 Å². The maximum Gasteiger partial charge on any atom is 0.0455 e. The number of rotatable bonds is 6. The molecule has 0 atom stereocenters. The molecule has 0 aliphatic carbocycles. The largest absolute Gasteiger partial charge is 0.380 e. The third kappa shape index (κ3) is 4.09. The molecule has 2 nitrogen and oxygen atoms in total. The van der Waals surface area contributed by atoms with E-state index in [4.69, 9.17) is 23.2 Å². The van der Waals surface area contributed by atoms with Crippen LogP contribution in [0.25, 0.3) is 10.8 Å². The predicted octanol–water partition coefficient (Wildman–Crippen LogP) is 7.37. The monoisotopic (exact) mass is 406 g/mol. The van der Waals surface area contributed by atoms with Crippen molar-refractivity contribution in [1.29, 1.82) is 0 Å². The highest BCUT2D eigenvalue weighted by atomic mass is 35.5. The van der Waals surface area contributed by atoms with Gasteiger partial charge in [0, 0.05) is 45.3 Å². The number of benzene rings is 4. The van der Waals surface area contributed by atoms with Crippen molar-refractivity contribution in [2.75, 3.05) is 10.6 Å². The Labute approximate surface area is 175 Å². The minimum absolute atomic E-state index is 0.677. The first-order valence-electron chi connectivity index (χ1n) is 9.18. The van der Waals surface area contributed by atoms with Gasteiger partial charge >= 0.3 is 0 Å². The number of fused-ring (bicyclic) bond motifs is 1. The van der Waals surface area contributed by atoms with Crippen LogP contribution in [0.3, 0.4) is 0 Å². The SMILES string of the molecule is Clc1ccccc1CNc1ccc(NCc2ccccc2Cl)c2ccccc12. The molecule has 0 heterocycles. The van der Waals surface area contributed by atoms with Crippen LogP contribution in [0.4, 0.5) is 11.4 Å². The van der Waals surface area contributed by atoms with E-state index in [1.54, 1.807) is 0 Å². The molecular weight excluding hydrogens is 387 g/mol.